The summed E-state index contributed by atoms with van der Waals surface area (Å²) in [6.07, 6.45) is 2.24. The highest BCUT2D eigenvalue weighted by Crippen LogP contribution is 2.41. The van der Waals surface area contributed by atoms with E-state index in [0.29, 0.717) is 5.92 Å². The molecule has 54 valence electrons. The van der Waals surface area contributed by atoms with Gasteiger partial charge in [-0.25, -0.2) is 0 Å². The molecule has 0 bridgehead atoms. The van der Waals surface area contributed by atoms with Crippen molar-refractivity contribution in [1.82, 2.24) is 10.2 Å². The SMILES string of the molecule is Cc1[nH]nc(F)c1C1CC1. The van der Waals surface area contributed by atoms with Crippen molar-refractivity contribution in [3.63, 3.8) is 0 Å². The summed E-state index contributed by atoms with van der Waals surface area (Å²) in [6.45, 7) is 1.86. The molecule has 0 atom stereocenters. The van der Waals surface area contributed by atoms with E-state index in [0.717, 1.165) is 24.1 Å². The van der Waals surface area contributed by atoms with Crippen molar-refractivity contribution in [3.05, 3.63) is 17.2 Å². The van der Waals surface area contributed by atoms with Crippen LogP contribution in [0, 0.1) is 12.9 Å². The highest BCUT2D eigenvalue weighted by atomic mass is 19.1. The molecule has 3 heteroatoms. The van der Waals surface area contributed by atoms with Gasteiger partial charge < -0.3 is 0 Å². The largest absolute Gasteiger partial charge is 0.280 e. The normalized spacial score (nSPS) is 17.8. The van der Waals surface area contributed by atoms with Gasteiger partial charge in [0, 0.05) is 11.3 Å². The van der Waals surface area contributed by atoms with Crippen molar-refractivity contribution in [2.24, 2.45) is 0 Å². The minimum atomic E-state index is -0.306. The number of halogens is 1. The zero-order chi connectivity index (χ0) is 7.14. The third kappa shape index (κ3) is 0.735. The van der Waals surface area contributed by atoms with Gasteiger partial charge in [-0.15, -0.1) is 5.10 Å². The quantitative estimate of drug-likeness (QED) is 0.632. The molecule has 0 amide bonds. The van der Waals surface area contributed by atoms with Gasteiger partial charge in [0.15, 0.2) is 0 Å². The molecular formula is C7H9FN2. The smallest absolute Gasteiger partial charge is 0.236 e. The maximum atomic E-state index is 12.8. The van der Waals surface area contributed by atoms with E-state index in [1.54, 1.807) is 0 Å². The van der Waals surface area contributed by atoms with Crippen molar-refractivity contribution in [2.45, 2.75) is 25.7 Å². The molecule has 0 spiro atoms. The van der Waals surface area contributed by atoms with Crippen LogP contribution in [-0.2, 0) is 0 Å². The van der Waals surface area contributed by atoms with Crippen LogP contribution in [0.25, 0.3) is 0 Å². The maximum Gasteiger partial charge on any atom is 0.236 e. The predicted molar refractivity (Wildman–Crippen MR) is 35.3 cm³/mol. The molecule has 0 saturated heterocycles. The van der Waals surface area contributed by atoms with E-state index >= 15 is 0 Å². The van der Waals surface area contributed by atoms with E-state index in [9.17, 15) is 4.39 Å². The number of hydrogen-bond donors (Lipinski definition) is 1. The van der Waals surface area contributed by atoms with Crippen LogP contribution in [0.1, 0.15) is 30.0 Å². The van der Waals surface area contributed by atoms with Gasteiger partial charge in [0.1, 0.15) is 0 Å². The average molecular weight is 140 g/mol. The van der Waals surface area contributed by atoms with Crippen molar-refractivity contribution >= 4 is 0 Å². The summed E-state index contributed by atoms with van der Waals surface area (Å²) in [6, 6.07) is 0. The molecule has 1 aliphatic rings. The molecule has 1 aromatic rings. The molecule has 2 nitrogen and oxygen atoms in total. The third-order valence-corrected chi connectivity index (χ3v) is 1.93. The Kier molecular flexibility index (Phi) is 1.07. The fraction of sp³-hybridized carbons (Fsp3) is 0.571. The predicted octanol–water partition coefficient (Wildman–Crippen LogP) is 1.73. The summed E-state index contributed by atoms with van der Waals surface area (Å²) >= 11 is 0. The van der Waals surface area contributed by atoms with E-state index in [1.807, 2.05) is 6.92 Å². The molecule has 2 rings (SSSR count). The summed E-state index contributed by atoms with van der Waals surface area (Å²) in [7, 11) is 0. The van der Waals surface area contributed by atoms with E-state index in [2.05, 4.69) is 10.2 Å². The van der Waals surface area contributed by atoms with Crippen molar-refractivity contribution in [3.8, 4) is 0 Å². The zero-order valence-electron chi connectivity index (χ0n) is 5.82. The van der Waals surface area contributed by atoms with Crippen molar-refractivity contribution < 1.29 is 4.39 Å². The molecular weight excluding hydrogens is 131 g/mol. The first kappa shape index (κ1) is 5.89. The van der Waals surface area contributed by atoms with E-state index in [4.69, 9.17) is 0 Å². The van der Waals surface area contributed by atoms with Gasteiger partial charge in [-0.05, 0) is 25.7 Å². The zero-order valence-corrected chi connectivity index (χ0v) is 5.82. The maximum absolute atomic E-state index is 12.8. The number of H-pyrrole nitrogens is 1. The molecule has 1 aliphatic carbocycles. The van der Waals surface area contributed by atoms with Gasteiger partial charge in [0.2, 0.25) is 5.95 Å². The van der Waals surface area contributed by atoms with E-state index in [1.165, 1.54) is 0 Å². The van der Waals surface area contributed by atoms with Crippen LogP contribution in [-0.4, -0.2) is 10.2 Å². The highest BCUT2D eigenvalue weighted by Gasteiger charge is 2.29. The van der Waals surface area contributed by atoms with Crippen molar-refractivity contribution in [2.75, 3.05) is 0 Å². The number of hydrogen-bond acceptors (Lipinski definition) is 1. The lowest BCUT2D eigenvalue weighted by molar-refractivity contribution is 0.566. The lowest BCUT2D eigenvalue weighted by Gasteiger charge is -1.90. The van der Waals surface area contributed by atoms with Crippen LogP contribution in [0.4, 0.5) is 4.39 Å². The van der Waals surface area contributed by atoms with E-state index < -0.39 is 0 Å². The summed E-state index contributed by atoms with van der Waals surface area (Å²) in [5.74, 6) is 0.152. The number of rotatable bonds is 1. The Morgan fingerprint density at radius 2 is 2.30 bits per heavy atom. The minimum absolute atomic E-state index is 0.306. The number of nitrogens with one attached hydrogen (secondary N) is 1. The number of aromatic amines is 1. The summed E-state index contributed by atoms with van der Waals surface area (Å²) in [4.78, 5) is 0. The Hall–Kier alpha value is -0.860. The molecule has 0 aromatic carbocycles. The molecule has 1 heterocycles. The van der Waals surface area contributed by atoms with Gasteiger partial charge >= 0.3 is 0 Å². The van der Waals surface area contributed by atoms with Gasteiger partial charge in [-0.2, -0.15) is 4.39 Å². The summed E-state index contributed by atoms with van der Waals surface area (Å²) in [5.41, 5.74) is 1.69. The summed E-state index contributed by atoms with van der Waals surface area (Å²) in [5, 5.41) is 6.12. The molecule has 0 radical (unpaired) electrons. The molecule has 10 heavy (non-hydrogen) atoms. The van der Waals surface area contributed by atoms with Gasteiger partial charge in [-0.3, -0.25) is 5.10 Å². The van der Waals surface area contributed by atoms with Gasteiger partial charge in [0.05, 0.1) is 0 Å². The first-order valence-electron chi connectivity index (χ1n) is 3.49. The van der Waals surface area contributed by atoms with Crippen molar-refractivity contribution in [1.29, 1.82) is 0 Å². The molecule has 1 fully saturated rings. The molecule has 0 aliphatic heterocycles. The second-order valence-electron chi connectivity index (χ2n) is 2.83. The minimum Gasteiger partial charge on any atom is -0.280 e. The number of aromatic nitrogens is 2. The lowest BCUT2D eigenvalue weighted by atomic mass is 10.2. The molecule has 1 saturated carbocycles. The topological polar surface area (TPSA) is 28.7 Å². The first-order valence-corrected chi connectivity index (χ1v) is 3.49. The Bertz CT molecular complexity index is 231. The molecule has 0 unspecified atom stereocenters. The van der Waals surface area contributed by atoms with E-state index in [-0.39, 0.29) is 5.95 Å². The second-order valence-corrected chi connectivity index (χ2v) is 2.83. The fourth-order valence-corrected chi connectivity index (χ4v) is 1.25. The van der Waals surface area contributed by atoms with Crippen LogP contribution in [0.2, 0.25) is 0 Å². The second kappa shape index (κ2) is 1.81. The van der Waals surface area contributed by atoms with Crippen LogP contribution >= 0.6 is 0 Å². The monoisotopic (exact) mass is 140 g/mol. The standard InChI is InChI=1S/C7H9FN2/c1-4-6(5-2-3-5)7(8)10-9-4/h5H,2-3H2,1H3,(H,9,10). The van der Waals surface area contributed by atoms with Gasteiger partial charge in [-0.1, -0.05) is 0 Å². The lowest BCUT2D eigenvalue weighted by Crippen LogP contribution is -1.83. The Morgan fingerprint density at radius 1 is 1.60 bits per heavy atom. The van der Waals surface area contributed by atoms with Gasteiger partial charge in [0.25, 0.3) is 0 Å². The van der Waals surface area contributed by atoms with Crippen LogP contribution in [0.15, 0.2) is 0 Å². The Labute approximate surface area is 58.4 Å². The fourth-order valence-electron chi connectivity index (χ4n) is 1.25. The highest BCUT2D eigenvalue weighted by molar-refractivity contribution is 5.25. The Balaban J connectivity index is 2.44. The Morgan fingerprint density at radius 3 is 2.70 bits per heavy atom. The molecule has 1 N–H and O–H groups in total. The summed E-state index contributed by atoms with van der Waals surface area (Å²) < 4.78 is 12.8. The number of nitrogens with zero attached hydrogens (tertiary/aromatic N) is 1. The average Bonchev–Trinajstić information content (AvgIpc) is 2.64. The molecule has 1 aromatic heterocycles. The van der Waals surface area contributed by atoms with Crippen LogP contribution < -0.4 is 0 Å². The first-order chi connectivity index (χ1) is 4.79. The third-order valence-electron chi connectivity index (χ3n) is 1.93. The van der Waals surface area contributed by atoms with Crippen LogP contribution in [0.3, 0.4) is 0 Å². The van der Waals surface area contributed by atoms with Crippen LogP contribution in [0.5, 0.6) is 0 Å². The number of aryl methyl sites for hydroxylation is 1.